The lowest BCUT2D eigenvalue weighted by Crippen LogP contribution is -2.07. The summed E-state index contributed by atoms with van der Waals surface area (Å²) in [6, 6.07) is 0. The number of hydrogen-bond acceptors (Lipinski definition) is 1. The fraction of sp³-hybridized carbons (Fsp3) is 0.545. The average molecular weight is 177 g/mol. The molecule has 0 fully saturated rings. The molecule has 0 amide bonds. The van der Waals surface area contributed by atoms with Gasteiger partial charge < -0.3 is 4.57 Å². The second kappa shape index (κ2) is 3.36. The van der Waals surface area contributed by atoms with E-state index in [4.69, 9.17) is 0 Å². The highest BCUT2D eigenvalue weighted by atomic mass is 16.1. The first kappa shape index (κ1) is 8.54. The van der Waals surface area contributed by atoms with Gasteiger partial charge in [0.15, 0.2) is 5.78 Å². The number of ketones is 1. The zero-order chi connectivity index (χ0) is 9.26. The predicted molar refractivity (Wildman–Crippen MR) is 52.0 cm³/mol. The van der Waals surface area contributed by atoms with Crippen molar-refractivity contribution in [3.63, 3.8) is 0 Å². The summed E-state index contributed by atoms with van der Waals surface area (Å²) in [5.74, 6) is 0.330. The van der Waals surface area contributed by atoms with E-state index < -0.39 is 0 Å². The Morgan fingerprint density at radius 1 is 1.38 bits per heavy atom. The lowest BCUT2D eigenvalue weighted by Gasteiger charge is -2.07. The molecule has 0 aliphatic heterocycles. The van der Waals surface area contributed by atoms with Crippen LogP contribution in [0.25, 0.3) is 0 Å². The third-order valence-corrected chi connectivity index (χ3v) is 2.59. The Hall–Kier alpha value is -1.05. The lowest BCUT2D eigenvalue weighted by molar-refractivity contribution is 0.0973. The molecule has 2 nitrogen and oxygen atoms in total. The maximum atomic E-state index is 11.5. The first-order valence-corrected chi connectivity index (χ1v) is 5.03. The molecule has 70 valence electrons. The van der Waals surface area contributed by atoms with Gasteiger partial charge in [0, 0.05) is 30.9 Å². The van der Waals surface area contributed by atoms with Gasteiger partial charge in [-0.25, -0.2) is 0 Å². The average Bonchev–Trinajstić information content (AvgIpc) is 2.49. The number of hydrogen-bond donors (Lipinski definition) is 0. The Kier molecular flexibility index (Phi) is 2.21. The molecule has 0 aromatic carbocycles. The molecule has 0 saturated carbocycles. The van der Waals surface area contributed by atoms with Crippen molar-refractivity contribution >= 4 is 5.78 Å². The highest BCUT2D eigenvalue weighted by molar-refractivity contribution is 5.98. The van der Waals surface area contributed by atoms with E-state index in [1.165, 1.54) is 5.56 Å². The molecule has 2 heteroatoms. The van der Waals surface area contributed by atoms with E-state index in [2.05, 4.69) is 17.7 Å². The van der Waals surface area contributed by atoms with E-state index in [1.54, 1.807) is 0 Å². The normalized spacial score (nSPS) is 15.9. The first-order valence-electron chi connectivity index (χ1n) is 5.03. The molecule has 0 atom stereocenters. The topological polar surface area (TPSA) is 22.0 Å². The summed E-state index contributed by atoms with van der Waals surface area (Å²) in [6.07, 6.45) is 8.13. The summed E-state index contributed by atoms with van der Waals surface area (Å²) >= 11 is 0. The van der Waals surface area contributed by atoms with Crippen LogP contribution in [0.4, 0.5) is 0 Å². The fourth-order valence-electron chi connectivity index (χ4n) is 1.97. The molecule has 1 aliphatic carbocycles. The van der Waals surface area contributed by atoms with E-state index in [0.717, 1.165) is 37.8 Å². The summed E-state index contributed by atoms with van der Waals surface area (Å²) in [6.45, 7) is 3.18. The van der Waals surface area contributed by atoms with Gasteiger partial charge in [0.2, 0.25) is 0 Å². The number of rotatable bonds is 2. The molecular weight excluding hydrogens is 162 g/mol. The van der Waals surface area contributed by atoms with Gasteiger partial charge in [0.1, 0.15) is 0 Å². The first-order chi connectivity index (χ1) is 6.31. The van der Waals surface area contributed by atoms with Crippen molar-refractivity contribution in [3.8, 4) is 0 Å². The number of aryl methyl sites for hydroxylation is 2. The van der Waals surface area contributed by atoms with Crippen molar-refractivity contribution in [2.75, 3.05) is 0 Å². The number of Topliss-reactive ketones (excluding diaryl/α,β-unsaturated/α-hetero) is 1. The SMILES string of the molecule is CCCn1cc2c(c1)C(=O)CCC2. The highest BCUT2D eigenvalue weighted by Gasteiger charge is 2.18. The van der Waals surface area contributed by atoms with Crippen LogP contribution in [0, 0.1) is 0 Å². The third kappa shape index (κ3) is 1.53. The van der Waals surface area contributed by atoms with E-state index in [-0.39, 0.29) is 0 Å². The molecule has 0 unspecified atom stereocenters. The van der Waals surface area contributed by atoms with Crippen LogP contribution in [0.3, 0.4) is 0 Å². The molecule has 1 aliphatic rings. The molecule has 0 bridgehead atoms. The Morgan fingerprint density at radius 3 is 2.92 bits per heavy atom. The minimum atomic E-state index is 0.330. The van der Waals surface area contributed by atoms with E-state index in [9.17, 15) is 4.79 Å². The quantitative estimate of drug-likeness (QED) is 0.680. The van der Waals surface area contributed by atoms with Crippen LogP contribution in [0.1, 0.15) is 42.1 Å². The number of fused-ring (bicyclic) bond motifs is 1. The highest BCUT2D eigenvalue weighted by Crippen LogP contribution is 2.21. The van der Waals surface area contributed by atoms with Crippen LogP contribution in [0.2, 0.25) is 0 Å². The molecule has 0 spiro atoms. The molecule has 1 aromatic heterocycles. The van der Waals surface area contributed by atoms with Crippen molar-refractivity contribution in [3.05, 3.63) is 23.5 Å². The van der Waals surface area contributed by atoms with Gasteiger partial charge >= 0.3 is 0 Å². The van der Waals surface area contributed by atoms with E-state index in [1.807, 2.05) is 6.20 Å². The monoisotopic (exact) mass is 177 g/mol. The van der Waals surface area contributed by atoms with Crippen LogP contribution in [0.15, 0.2) is 12.4 Å². The largest absolute Gasteiger partial charge is 0.353 e. The standard InChI is InChI=1S/C11H15NO/c1-2-6-12-7-9-4-3-5-11(13)10(9)8-12/h7-8H,2-6H2,1H3. The van der Waals surface area contributed by atoms with E-state index >= 15 is 0 Å². The van der Waals surface area contributed by atoms with Gasteiger partial charge in [-0.15, -0.1) is 0 Å². The molecule has 2 rings (SSSR count). The minimum absolute atomic E-state index is 0.330. The van der Waals surface area contributed by atoms with Gasteiger partial charge in [-0.2, -0.15) is 0 Å². The predicted octanol–water partition coefficient (Wildman–Crippen LogP) is 2.42. The second-order valence-corrected chi connectivity index (χ2v) is 3.71. The van der Waals surface area contributed by atoms with Gasteiger partial charge in [0.25, 0.3) is 0 Å². The van der Waals surface area contributed by atoms with Crippen molar-refractivity contribution in [1.29, 1.82) is 0 Å². The molecule has 0 saturated heterocycles. The van der Waals surface area contributed by atoms with Crippen molar-refractivity contribution < 1.29 is 4.79 Å². The maximum Gasteiger partial charge on any atom is 0.164 e. The van der Waals surface area contributed by atoms with Gasteiger partial charge in [-0.1, -0.05) is 6.92 Å². The second-order valence-electron chi connectivity index (χ2n) is 3.71. The summed E-state index contributed by atoms with van der Waals surface area (Å²) < 4.78 is 2.15. The lowest BCUT2D eigenvalue weighted by atomic mass is 9.95. The molecular formula is C11H15NO. The Balaban J connectivity index is 2.31. The van der Waals surface area contributed by atoms with E-state index in [0.29, 0.717) is 5.78 Å². The molecule has 0 N–H and O–H groups in total. The summed E-state index contributed by atoms with van der Waals surface area (Å²) in [4.78, 5) is 11.5. The van der Waals surface area contributed by atoms with Crippen LogP contribution < -0.4 is 0 Å². The minimum Gasteiger partial charge on any atom is -0.353 e. The fourth-order valence-corrected chi connectivity index (χ4v) is 1.97. The van der Waals surface area contributed by atoms with Gasteiger partial charge in [0.05, 0.1) is 0 Å². The van der Waals surface area contributed by atoms with Crippen LogP contribution in [0.5, 0.6) is 0 Å². The number of carbonyl (C=O) groups is 1. The van der Waals surface area contributed by atoms with Gasteiger partial charge in [-0.3, -0.25) is 4.79 Å². The summed E-state index contributed by atoms with van der Waals surface area (Å²) in [7, 11) is 0. The van der Waals surface area contributed by atoms with Crippen LogP contribution in [-0.4, -0.2) is 10.4 Å². The molecule has 13 heavy (non-hydrogen) atoms. The third-order valence-electron chi connectivity index (χ3n) is 2.59. The van der Waals surface area contributed by atoms with Gasteiger partial charge in [-0.05, 0) is 24.8 Å². The maximum absolute atomic E-state index is 11.5. The zero-order valence-corrected chi connectivity index (χ0v) is 8.05. The van der Waals surface area contributed by atoms with Crippen molar-refractivity contribution in [1.82, 2.24) is 4.57 Å². The summed E-state index contributed by atoms with van der Waals surface area (Å²) in [5.41, 5.74) is 2.23. The smallest absolute Gasteiger partial charge is 0.164 e. The Labute approximate surface area is 78.6 Å². The number of carbonyl (C=O) groups excluding carboxylic acids is 1. The Bertz CT molecular complexity index is 325. The van der Waals surface area contributed by atoms with Crippen molar-refractivity contribution in [2.45, 2.75) is 39.2 Å². The Morgan fingerprint density at radius 2 is 2.23 bits per heavy atom. The van der Waals surface area contributed by atoms with Crippen molar-refractivity contribution in [2.24, 2.45) is 0 Å². The zero-order valence-electron chi connectivity index (χ0n) is 8.05. The molecule has 0 radical (unpaired) electrons. The molecule has 1 aromatic rings. The number of nitrogens with zero attached hydrogens (tertiary/aromatic N) is 1. The number of aromatic nitrogens is 1. The van der Waals surface area contributed by atoms with Crippen LogP contribution in [-0.2, 0) is 13.0 Å². The summed E-state index contributed by atoms with van der Waals surface area (Å²) in [5, 5.41) is 0. The molecule has 1 heterocycles. The van der Waals surface area contributed by atoms with Crippen LogP contribution >= 0.6 is 0 Å².